The van der Waals surface area contributed by atoms with Crippen LogP contribution in [0.4, 0.5) is 0 Å². The normalized spacial score (nSPS) is 13.0. The van der Waals surface area contributed by atoms with Crippen molar-refractivity contribution in [3.63, 3.8) is 0 Å². The lowest BCUT2D eigenvalue weighted by Gasteiger charge is -2.20. The van der Waals surface area contributed by atoms with Gasteiger partial charge in [0.1, 0.15) is 0 Å². The van der Waals surface area contributed by atoms with Crippen LogP contribution >= 0.6 is 0 Å². The van der Waals surface area contributed by atoms with E-state index in [1.165, 1.54) is 5.56 Å². The topological polar surface area (TPSA) is 54.9 Å². The zero-order valence-electron chi connectivity index (χ0n) is 14.6. The molecule has 0 fully saturated rings. The Labute approximate surface area is 134 Å². The van der Waals surface area contributed by atoms with E-state index in [9.17, 15) is 0 Å². The van der Waals surface area contributed by atoms with Gasteiger partial charge in [0.25, 0.3) is 0 Å². The van der Waals surface area contributed by atoms with Crippen LogP contribution in [0.25, 0.3) is 0 Å². The third-order valence-electron chi connectivity index (χ3n) is 3.74. The third kappa shape index (κ3) is 5.47. The van der Waals surface area contributed by atoms with Crippen molar-refractivity contribution in [2.45, 2.75) is 33.2 Å². The number of nitrogens with zero attached hydrogens (tertiary/aromatic N) is 1. The van der Waals surface area contributed by atoms with Gasteiger partial charge in [-0.15, -0.1) is 0 Å². The van der Waals surface area contributed by atoms with Crippen LogP contribution in [0.1, 0.15) is 26.3 Å². The molecule has 0 radical (unpaired) electrons. The molecule has 0 heterocycles. The molecular weight excluding hydrogens is 278 g/mol. The summed E-state index contributed by atoms with van der Waals surface area (Å²) in [4.78, 5) is 4.25. The molecule has 1 rings (SSSR count). The minimum Gasteiger partial charge on any atom is -0.493 e. The zero-order valence-corrected chi connectivity index (χ0v) is 14.6. The van der Waals surface area contributed by atoms with Crippen LogP contribution in [0.2, 0.25) is 0 Å². The number of nitrogens with one attached hydrogen (secondary N) is 2. The quantitative estimate of drug-likeness (QED) is 0.600. The summed E-state index contributed by atoms with van der Waals surface area (Å²) in [5.41, 5.74) is 1.19. The number of guanidine groups is 1. The highest BCUT2D eigenvalue weighted by atomic mass is 16.5. The van der Waals surface area contributed by atoms with Crippen LogP contribution in [0.5, 0.6) is 11.5 Å². The Morgan fingerprint density at radius 2 is 1.82 bits per heavy atom. The van der Waals surface area contributed by atoms with Crippen molar-refractivity contribution in [3.05, 3.63) is 23.8 Å². The predicted octanol–water partition coefficient (Wildman–Crippen LogP) is 2.46. The molecule has 0 aliphatic heterocycles. The Kier molecular flexibility index (Phi) is 7.57. The molecule has 2 N–H and O–H groups in total. The standard InChI is InChI=1S/C17H29N3O2/c1-12(2)13(3)20-17(18-4)19-10-9-14-7-8-15(21-5)16(11-14)22-6/h7-8,11-13H,9-10H2,1-6H3,(H2,18,19,20). The lowest BCUT2D eigenvalue weighted by atomic mass is 10.1. The smallest absolute Gasteiger partial charge is 0.191 e. The lowest BCUT2D eigenvalue weighted by molar-refractivity contribution is 0.354. The van der Waals surface area contributed by atoms with Gasteiger partial charge >= 0.3 is 0 Å². The average Bonchev–Trinajstić information content (AvgIpc) is 2.53. The number of hydrogen-bond donors (Lipinski definition) is 2. The first-order chi connectivity index (χ1) is 10.5. The van der Waals surface area contributed by atoms with E-state index in [1.54, 1.807) is 21.3 Å². The van der Waals surface area contributed by atoms with E-state index in [-0.39, 0.29) is 0 Å². The van der Waals surface area contributed by atoms with Gasteiger partial charge in [0, 0.05) is 19.6 Å². The van der Waals surface area contributed by atoms with Crippen LogP contribution in [-0.2, 0) is 6.42 Å². The first-order valence-electron chi connectivity index (χ1n) is 7.69. The minimum atomic E-state index is 0.382. The van der Waals surface area contributed by atoms with Gasteiger partial charge < -0.3 is 20.1 Å². The summed E-state index contributed by atoms with van der Waals surface area (Å²) in [5, 5.41) is 6.72. The second-order valence-electron chi connectivity index (χ2n) is 5.62. The van der Waals surface area contributed by atoms with E-state index in [0.29, 0.717) is 12.0 Å². The van der Waals surface area contributed by atoms with E-state index in [0.717, 1.165) is 30.4 Å². The molecule has 5 heteroatoms. The molecule has 5 nitrogen and oxygen atoms in total. The second kappa shape index (κ2) is 9.18. The highest BCUT2D eigenvalue weighted by Gasteiger charge is 2.09. The fourth-order valence-corrected chi connectivity index (χ4v) is 1.94. The molecule has 124 valence electrons. The van der Waals surface area contributed by atoms with Crippen molar-refractivity contribution in [2.75, 3.05) is 27.8 Å². The maximum Gasteiger partial charge on any atom is 0.191 e. The number of methoxy groups -OCH3 is 2. The third-order valence-corrected chi connectivity index (χ3v) is 3.74. The number of ether oxygens (including phenoxy) is 2. The SMILES string of the molecule is CN=C(NCCc1ccc(OC)c(OC)c1)NC(C)C(C)C. The number of rotatable bonds is 7. The summed E-state index contributed by atoms with van der Waals surface area (Å²) >= 11 is 0. The summed E-state index contributed by atoms with van der Waals surface area (Å²) in [7, 11) is 5.09. The lowest BCUT2D eigenvalue weighted by Crippen LogP contribution is -2.44. The zero-order chi connectivity index (χ0) is 16.5. The fraction of sp³-hybridized carbons (Fsp3) is 0.588. The molecule has 0 aromatic heterocycles. The van der Waals surface area contributed by atoms with Gasteiger partial charge in [-0.05, 0) is 37.0 Å². The van der Waals surface area contributed by atoms with Gasteiger partial charge in [0.15, 0.2) is 17.5 Å². The number of hydrogen-bond acceptors (Lipinski definition) is 3. The summed E-state index contributed by atoms with van der Waals surface area (Å²) in [6, 6.07) is 6.37. The average molecular weight is 307 g/mol. The summed E-state index contributed by atoms with van der Waals surface area (Å²) in [6.07, 6.45) is 0.886. The molecule has 22 heavy (non-hydrogen) atoms. The van der Waals surface area contributed by atoms with Crippen LogP contribution in [0.15, 0.2) is 23.2 Å². The maximum atomic E-state index is 5.32. The molecule has 1 atom stereocenters. The van der Waals surface area contributed by atoms with Crippen molar-refractivity contribution in [3.8, 4) is 11.5 Å². The second-order valence-corrected chi connectivity index (χ2v) is 5.62. The van der Waals surface area contributed by atoms with E-state index in [4.69, 9.17) is 9.47 Å². The van der Waals surface area contributed by atoms with Crippen LogP contribution in [0.3, 0.4) is 0 Å². The highest BCUT2D eigenvalue weighted by Crippen LogP contribution is 2.27. The Balaban J connectivity index is 2.52. The van der Waals surface area contributed by atoms with Gasteiger partial charge in [-0.1, -0.05) is 19.9 Å². The molecule has 0 aliphatic carbocycles. The van der Waals surface area contributed by atoms with Crippen molar-refractivity contribution < 1.29 is 9.47 Å². The van der Waals surface area contributed by atoms with Crippen LogP contribution < -0.4 is 20.1 Å². The number of benzene rings is 1. The summed E-state index contributed by atoms with van der Waals surface area (Å²) in [5.74, 6) is 2.91. The Morgan fingerprint density at radius 1 is 1.14 bits per heavy atom. The minimum absolute atomic E-state index is 0.382. The Bertz CT molecular complexity index is 487. The summed E-state index contributed by atoms with van der Waals surface area (Å²) in [6.45, 7) is 7.34. The largest absolute Gasteiger partial charge is 0.493 e. The van der Waals surface area contributed by atoms with E-state index in [1.807, 2.05) is 12.1 Å². The van der Waals surface area contributed by atoms with Crippen molar-refractivity contribution in [2.24, 2.45) is 10.9 Å². The predicted molar refractivity (Wildman–Crippen MR) is 92.0 cm³/mol. The van der Waals surface area contributed by atoms with Gasteiger partial charge in [-0.2, -0.15) is 0 Å². The number of aliphatic imine (C=N–C) groups is 1. The molecular formula is C17H29N3O2. The van der Waals surface area contributed by atoms with Gasteiger partial charge in [0.05, 0.1) is 14.2 Å². The van der Waals surface area contributed by atoms with Crippen LogP contribution in [0, 0.1) is 5.92 Å². The van der Waals surface area contributed by atoms with Gasteiger partial charge in [0.2, 0.25) is 0 Å². The fourth-order valence-electron chi connectivity index (χ4n) is 1.94. The van der Waals surface area contributed by atoms with E-state index in [2.05, 4.69) is 42.5 Å². The van der Waals surface area contributed by atoms with Gasteiger partial charge in [-0.25, -0.2) is 0 Å². The van der Waals surface area contributed by atoms with Gasteiger partial charge in [-0.3, -0.25) is 4.99 Å². The molecule has 0 spiro atoms. The van der Waals surface area contributed by atoms with Crippen molar-refractivity contribution in [1.29, 1.82) is 0 Å². The monoisotopic (exact) mass is 307 g/mol. The Hall–Kier alpha value is -1.91. The van der Waals surface area contributed by atoms with Crippen molar-refractivity contribution in [1.82, 2.24) is 10.6 Å². The van der Waals surface area contributed by atoms with E-state index < -0.39 is 0 Å². The maximum absolute atomic E-state index is 5.32. The molecule has 1 unspecified atom stereocenters. The molecule has 1 aromatic rings. The van der Waals surface area contributed by atoms with Crippen LogP contribution in [-0.4, -0.2) is 39.8 Å². The highest BCUT2D eigenvalue weighted by molar-refractivity contribution is 5.79. The van der Waals surface area contributed by atoms with Crippen molar-refractivity contribution >= 4 is 5.96 Å². The first-order valence-corrected chi connectivity index (χ1v) is 7.69. The molecule has 0 saturated carbocycles. The summed E-state index contributed by atoms with van der Waals surface area (Å²) < 4.78 is 10.6. The first kappa shape index (κ1) is 18.1. The Morgan fingerprint density at radius 3 is 2.36 bits per heavy atom. The molecule has 1 aromatic carbocycles. The molecule has 0 bridgehead atoms. The molecule has 0 amide bonds. The van der Waals surface area contributed by atoms with E-state index >= 15 is 0 Å². The molecule has 0 saturated heterocycles. The molecule has 0 aliphatic rings.